The summed E-state index contributed by atoms with van der Waals surface area (Å²) < 4.78 is 12.9. The van der Waals surface area contributed by atoms with Crippen LogP contribution in [0.15, 0.2) is 18.3 Å². The van der Waals surface area contributed by atoms with Gasteiger partial charge in [0.25, 0.3) is 5.91 Å². The van der Waals surface area contributed by atoms with Gasteiger partial charge in [-0.15, -0.1) is 0 Å². The van der Waals surface area contributed by atoms with Crippen LogP contribution in [0.5, 0.6) is 0 Å². The predicted molar refractivity (Wildman–Crippen MR) is 63.1 cm³/mol. The lowest BCUT2D eigenvalue weighted by Gasteiger charge is -2.26. The normalized spacial score (nSPS) is 24.4. The molecule has 1 N–H and O–H groups in total. The van der Waals surface area contributed by atoms with Gasteiger partial charge in [0.15, 0.2) is 0 Å². The molecule has 1 heterocycles. The molecular weight excluding hydrogens is 219 g/mol. The van der Waals surface area contributed by atoms with E-state index < -0.39 is 5.95 Å². The molecule has 1 aliphatic rings. The number of carbonyl (C=O) groups excluding carboxylic acids is 1. The number of amides is 1. The summed E-state index contributed by atoms with van der Waals surface area (Å²) in [6.07, 6.45) is 5.64. The summed E-state index contributed by atoms with van der Waals surface area (Å²) in [5, 5.41) is 2.95. The van der Waals surface area contributed by atoms with Crippen LogP contribution in [-0.4, -0.2) is 16.9 Å². The molecule has 0 atom stereocenters. The zero-order chi connectivity index (χ0) is 12.3. The molecule has 0 unspecified atom stereocenters. The maximum Gasteiger partial charge on any atom is 0.251 e. The van der Waals surface area contributed by atoms with Crippen molar-refractivity contribution in [3.8, 4) is 0 Å². The molecule has 0 bridgehead atoms. The molecule has 4 heteroatoms. The minimum absolute atomic E-state index is 0.203. The third-order valence-electron chi connectivity index (χ3n) is 3.34. The number of hydrogen-bond donors (Lipinski definition) is 1. The molecule has 3 nitrogen and oxygen atoms in total. The molecule has 0 aliphatic heterocycles. The van der Waals surface area contributed by atoms with Gasteiger partial charge < -0.3 is 5.32 Å². The van der Waals surface area contributed by atoms with Crippen molar-refractivity contribution in [2.24, 2.45) is 5.92 Å². The van der Waals surface area contributed by atoms with Crippen LogP contribution in [0.25, 0.3) is 0 Å². The van der Waals surface area contributed by atoms with Crippen LogP contribution in [0.3, 0.4) is 0 Å². The van der Waals surface area contributed by atoms with E-state index in [4.69, 9.17) is 0 Å². The first-order valence-electron chi connectivity index (χ1n) is 6.07. The van der Waals surface area contributed by atoms with Crippen molar-refractivity contribution >= 4 is 5.91 Å². The lowest BCUT2D eigenvalue weighted by molar-refractivity contribution is 0.0922. The number of hydrogen-bond acceptors (Lipinski definition) is 2. The lowest BCUT2D eigenvalue weighted by Crippen LogP contribution is -2.37. The number of halogens is 1. The SMILES string of the molecule is CC1CCC(NC(=O)c2ccnc(F)c2)CC1. The summed E-state index contributed by atoms with van der Waals surface area (Å²) >= 11 is 0. The van der Waals surface area contributed by atoms with Crippen molar-refractivity contribution in [1.82, 2.24) is 10.3 Å². The molecule has 2 rings (SSSR count). The number of rotatable bonds is 2. The fourth-order valence-corrected chi connectivity index (χ4v) is 2.22. The number of nitrogens with zero attached hydrogens (tertiary/aromatic N) is 1. The largest absolute Gasteiger partial charge is 0.349 e. The van der Waals surface area contributed by atoms with Crippen molar-refractivity contribution in [2.75, 3.05) is 0 Å². The fraction of sp³-hybridized carbons (Fsp3) is 0.538. The summed E-state index contributed by atoms with van der Waals surface area (Å²) in [5.74, 6) is -0.0673. The van der Waals surface area contributed by atoms with Crippen LogP contribution >= 0.6 is 0 Å². The zero-order valence-corrected chi connectivity index (χ0v) is 9.95. The molecule has 0 saturated heterocycles. The van der Waals surface area contributed by atoms with Crippen LogP contribution < -0.4 is 5.32 Å². The third-order valence-corrected chi connectivity index (χ3v) is 3.34. The molecule has 1 saturated carbocycles. The maximum absolute atomic E-state index is 12.9. The number of aromatic nitrogens is 1. The van der Waals surface area contributed by atoms with Gasteiger partial charge in [-0.3, -0.25) is 4.79 Å². The molecule has 0 radical (unpaired) electrons. The van der Waals surface area contributed by atoms with E-state index in [1.165, 1.54) is 18.3 Å². The molecule has 1 aromatic heterocycles. The highest BCUT2D eigenvalue weighted by molar-refractivity contribution is 5.94. The highest BCUT2D eigenvalue weighted by Gasteiger charge is 2.20. The second kappa shape index (κ2) is 5.25. The standard InChI is InChI=1S/C13H17FN2O/c1-9-2-4-11(5-3-9)16-13(17)10-6-7-15-12(14)8-10/h6-9,11H,2-5H2,1H3,(H,16,17). The van der Waals surface area contributed by atoms with Gasteiger partial charge in [0, 0.05) is 23.9 Å². The van der Waals surface area contributed by atoms with Crippen LogP contribution in [0.1, 0.15) is 43.0 Å². The first-order valence-corrected chi connectivity index (χ1v) is 6.07. The van der Waals surface area contributed by atoms with E-state index in [2.05, 4.69) is 17.2 Å². The Balaban J connectivity index is 1.93. The number of pyridine rings is 1. The summed E-state index contributed by atoms with van der Waals surface area (Å²) in [4.78, 5) is 15.3. The molecule has 92 valence electrons. The topological polar surface area (TPSA) is 42.0 Å². The van der Waals surface area contributed by atoms with E-state index in [0.717, 1.165) is 31.6 Å². The Labute approximate surface area is 100 Å². The highest BCUT2D eigenvalue weighted by atomic mass is 19.1. The second-order valence-electron chi connectivity index (χ2n) is 4.80. The Hall–Kier alpha value is -1.45. The molecule has 1 aromatic rings. The number of nitrogens with one attached hydrogen (secondary N) is 1. The molecule has 1 fully saturated rings. The van der Waals surface area contributed by atoms with Gasteiger partial charge in [0.1, 0.15) is 0 Å². The van der Waals surface area contributed by atoms with Gasteiger partial charge >= 0.3 is 0 Å². The Morgan fingerprint density at radius 2 is 2.12 bits per heavy atom. The summed E-state index contributed by atoms with van der Waals surface area (Å²) in [7, 11) is 0. The maximum atomic E-state index is 12.9. The average Bonchev–Trinajstić information content (AvgIpc) is 2.32. The molecular formula is C13H17FN2O. The van der Waals surface area contributed by atoms with Crippen molar-refractivity contribution in [3.05, 3.63) is 29.8 Å². The van der Waals surface area contributed by atoms with Crippen molar-refractivity contribution in [2.45, 2.75) is 38.6 Å². The van der Waals surface area contributed by atoms with Gasteiger partial charge in [-0.25, -0.2) is 4.98 Å². The Morgan fingerprint density at radius 1 is 1.41 bits per heavy atom. The zero-order valence-electron chi connectivity index (χ0n) is 9.95. The van der Waals surface area contributed by atoms with E-state index in [0.29, 0.717) is 5.56 Å². The monoisotopic (exact) mass is 236 g/mol. The Morgan fingerprint density at radius 3 is 2.76 bits per heavy atom. The minimum atomic E-state index is -0.616. The Bertz CT molecular complexity index is 400. The Kier molecular flexibility index (Phi) is 3.71. The van der Waals surface area contributed by atoms with Gasteiger partial charge in [0.2, 0.25) is 5.95 Å². The van der Waals surface area contributed by atoms with Gasteiger partial charge in [-0.1, -0.05) is 6.92 Å². The van der Waals surface area contributed by atoms with Gasteiger partial charge in [-0.05, 0) is 37.7 Å². The van der Waals surface area contributed by atoms with Crippen LogP contribution in [0.2, 0.25) is 0 Å². The van der Waals surface area contributed by atoms with Crippen molar-refractivity contribution in [3.63, 3.8) is 0 Å². The molecule has 17 heavy (non-hydrogen) atoms. The summed E-state index contributed by atoms with van der Waals surface area (Å²) in [5.41, 5.74) is 0.344. The quantitative estimate of drug-likeness (QED) is 0.802. The first-order chi connectivity index (χ1) is 8.15. The van der Waals surface area contributed by atoms with Crippen molar-refractivity contribution < 1.29 is 9.18 Å². The summed E-state index contributed by atoms with van der Waals surface area (Å²) in [6, 6.07) is 2.93. The van der Waals surface area contributed by atoms with Gasteiger partial charge in [0.05, 0.1) is 0 Å². The highest BCUT2D eigenvalue weighted by Crippen LogP contribution is 2.23. The molecule has 0 spiro atoms. The van der Waals surface area contributed by atoms with E-state index in [9.17, 15) is 9.18 Å². The van der Waals surface area contributed by atoms with Crippen LogP contribution in [0, 0.1) is 11.9 Å². The van der Waals surface area contributed by atoms with E-state index in [1.807, 2.05) is 0 Å². The number of carbonyl (C=O) groups is 1. The lowest BCUT2D eigenvalue weighted by atomic mass is 9.87. The molecule has 1 amide bonds. The van der Waals surface area contributed by atoms with E-state index in [-0.39, 0.29) is 11.9 Å². The minimum Gasteiger partial charge on any atom is -0.349 e. The fourth-order valence-electron chi connectivity index (χ4n) is 2.22. The summed E-state index contributed by atoms with van der Waals surface area (Å²) in [6.45, 7) is 2.23. The smallest absolute Gasteiger partial charge is 0.251 e. The van der Waals surface area contributed by atoms with Crippen LogP contribution in [0.4, 0.5) is 4.39 Å². The van der Waals surface area contributed by atoms with Gasteiger partial charge in [-0.2, -0.15) is 4.39 Å². The molecule has 0 aromatic carbocycles. The third kappa shape index (κ3) is 3.25. The van der Waals surface area contributed by atoms with E-state index >= 15 is 0 Å². The molecule has 1 aliphatic carbocycles. The second-order valence-corrected chi connectivity index (χ2v) is 4.80. The van der Waals surface area contributed by atoms with Crippen LogP contribution in [-0.2, 0) is 0 Å². The average molecular weight is 236 g/mol. The van der Waals surface area contributed by atoms with E-state index in [1.54, 1.807) is 0 Å². The first kappa shape index (κ1) is 12.0. The predicted octanol–water partition coefficient (Wildman–Crippen LogP) is 2.53. The van der Waals surface area contributed by atoms with Crippen molar-refractivity contribution in [1.29, 1.82) is 0 Å².